The van der Waals surface area contributed by atoms with Crippen LogP contribution < -0.4 is 5.32 Å². The zero-order chi connectivity index (χ0) is 12.1. The van der Waals surface area contributed by atoms with Gasteiger partial charge in [-0.3, -0.25) is 4.79 Å². The molecule has 0 spiro atoms. The van der Waals surface area contributed by atoms with Crippen LogP contribution in [0.5, 0.6) is 0 Å². The predicted octanol–water partition coefficient (Wildman–Crippen LogP) is 2.16. The van der Waals surface area contributed by atoms with Crippen LogP contribution in [0.3, 0.4) is 0 Å². The van der Waals surface area contributed by atoms with Gasteiger partial charge in [-0.1, -0.05) is 13.8 Å². The van der Waals surface area contributed by atoms with Gasteiger partial charge in [0.25, 0.3) is 0 Å². The fourth-order valence-corrected chi connectivity index (χ4v) is 2.51. The molecule has 1 heterocycles. The third-order valence-electron chi connectivity index (χ3n) is 3.37. The van der Waals surface area contributed by atoms with Crippen molar-refractivity contribution in [2.75, 3.05) is 6.54 Å². The van der Waals surface area contributed by atoms with E-state index in [1.807, 2.05) is 0 Å². The maximum absolute atomic E-state index is 12.1. The molecule has 94 valence electrons. The molecular formula is C13H26N2O. The number of piperidine rings is 1. The van der Waals surface area contributed by atoms with Crippen molar-refractivity contribution in [2.24, 2.45) is 0 Å². The summed E-state index contributed by atoms with van der Waals surface area (Å²) in [5, 5.41) is 3.30. The Bertz CT molecular complexity index is 218. The molecule has 0 aromatic heterocycles. The lowest BCUT2D eigenvalue weighted by molar-refractivity contribution is -0.137. The molecule has 1 aliphatic rings. The van der Waals surface area contributed by atoms with Gasteiger partial charge in [0.2, 0.25) is 5.91 Å². The second-order valence-electron chi connectivity index (χ2n) is 5.29. The van der Waals surface area contributed by atoms with Crippen LogP contribution in [-0.2, 0) is 4.79 Å². The zero-order valence-electron chi connectivity index (χ0n) is 11.1. The van der Waals surface area contributed by atoms with Gasteiger partial charge < -0.3 is 10.2 Å². The van der Waals surface area contributed by atoms with Crippen LogP contribution in [0.2, 0.25) is 0 Å². The number of carbonyl (C=O) groups is 1. The Morgan fingerprint density at radius 3 is 2.38 bits per heavy atom. The zero-order valence-corrected chi connectivity index (χ0v) is 11.1. The SMILES string of the molecule is CC(C)NCCC(=O)N1C(C)CCCC1C. The first kappa shape index (κ1) is 13.5. The summed E-state index contributed by atoms with van der Waals surface area (Å²) in [5.74, 6) is 0.313. The van der Waals surface area contributed by atoms with E-state index in [-0.39, 0.29) is 0 Å². The lowest BCUT2D eigenvalue weighted by atomic mass is 9.97. The highest BCUT2D eigenvalue weighted by Crippen LogP contribution is 2.22. The van der Waals surface area contributed by atoms with E-state index in [2.05, 4.69) is 37.9 Å². The number of likely N-dealkylation sites (tertiary alicyclic amines) is 1. The Labute approximate surface area is 99.6 Å². The number of hydrogen-bond acceptors (Lipinski definition) is 2. The molecule has 1 rings (SSSR count). The highest BCUT2D eigenvalue weighted by Gasteiger charge is 2.28. The van der Waals surface area contributed by atoms with Crippen molar-refractivity contribution in [3.05, 3.63) is 0 Å². The first-order chi connectivity index (χ1) is 7.52. The molecule has 0 bridgehead atoms. The van der Waals surface area contributed by atoms with Gasteiger partial charge in [-0.25, -0.2) is 0 Å². The van der Waals surface area contributed by atoms with E-state index in [9.17, 15) is 4.79 Å². The molecule has 2 atom stereocenters. The first-order valence-corrected chi connectivity index (χ1v) is 6.57. The molecule has 16 heavy (non-hydrogen) atoms. The minimum absolute atomic E-state index is 0.313. The fraction of sp³-hybridized carbons (Fsp3) is 0.923. The molecule has 3 heteroatoms. The number of hydrogen-bond donors (Lipinski definition) is 1. The molecule has 0 saturated carbocycles. The van der Waals surface area contributed by atoms with E-state index >= 15 is 0 Å². The maximum atomic E-state index is 12.1. The van der Waals surface area contributed by atoms with Crippen LogP contribution in [0.1, 0.15) is 53.4 Å². The Kier molecular flexibility index (Phi) is 5.26. The van der Waals surface area contributed by atoms with Crippen molar-refractivity contribution >= 4 is 5.91 Å². The molecule has 1 saturated heterocycles. The molecule has 3 nitrogen and oxygen atoms in total. The smallest absolute Gasteiger partial charge is 0.224 e. The Balaban J connectivity index is 2.39. The molecular weight excluding hydrogens is 200 g/mol. The highest BCUT2D eigenvalue weighted by molar-refractivity contribution is 5.77. The van der Waals surface area contributed by atoms with Crippen LogP contribution in [0.25, 0.3) is 0 Å². The number of nitrogens with zero attached hydrogens (tertiary/aromatic N) is 1. The average molecular weight is 226 g/mol. The summed E-state index contributed by atoms with van der Waals surface area (Å²) in [6, 6.07) is 1.31. The quantitative estimate of drug-likeness (QED) is 0.796. The second-order valence-corrected chi connectivity index (χ2v) is 5.29. The van der Waals surface area contributed by atoms with Crippen molar-refractivity contribution in [1.82, 2.24) is 10.2 Å². The van der Waals surface area contributed by atoms with Crippen LogP contribution in [-0.4, -0.2) is 35.5 Å². The lowest BCUT2D eigenvalue weighted by Gasteiger charge is -2.39. The third-order valence-corrected chi connectivity index (χ3v) is 3.37. The third kappa shape index (κ3) is 3.78. The Hall–Kier alpha value is -0.570. The summed E-state index contributed by atoms with van der Waals surface area (Å²) in [6.45, 7) is 9.35. The van der Waals surface area contributed by atoms with E-state index < -0.39 is 0 Å². The van der Waals surface area contributed by atoms with Gasteiger partial charge in [-0.2, -0.15) is 0 Å². The minimum atomic E-state index is 0.313. The fourth-order valence-electron chi connectivity index (χ4n) is 2.51. The average Bonchev–Trinajstić information content (AvgIpc) is 2.16. The minimum Gasteiger partial charge on any atom is -0.337 e. The number of rotatable bonds is 4. The Morgan fingerprint density at radius 1 is 1.31 bits per heavy atom. The molecule has 2 unspecified atom stereocenters. The summed E-state index contributed by atoms with van der Waals surface area (Å²) < 4.78 is 0. The predicted molar refractivity (Wildman–Crippen MR) is 67.4 cm³/mol. The normalized spacial score (nSPS) is 26.2. The second kappa shape index (κ2) is 6.24. The summed E-state index contributed by atoms with van der Waals surface area (Å²) in [4.78, 5) is 14.2. The highest BCUT2D eigenvalue weighted by atomic mass is 16.2. The van der Waals surface area contributed by atoms with E-state index in [0.29, 0.717) is 30.5 Å². The van der Waals surface area contributed by atoms with Gasteiger partial charge in [-0.05, 0) is 33.1 Å². The summed E-state index contributed by atoms with van der Waals surface area (Å²) >= 11 is 0. The van der Waals surface area contributed by atoms with Crippen LogP contribution in [0.15, 0.2) is 0 Å². The van der Waals surface area contributed by atoms with Gasteiger partial charge in [0.1, 0.15) is 0 Å². The van der Waals surface area contributed by atoms with Crippen molar-refractivity contribution in [3.8, 4) is 0 Å². The molecule has 0 aromatic carbocycles. The molecule has 0 aromatic rings. The topological polar surface area (TPSA) is 32.3 Å². The van der Waals surface area contributed by atoms with Gasteiger partial charge in [0.15, 0.2) is 0 Å². The maximum Gasteiger partial charge on any atom is 0.224 e. The van der Waals surface area contributed by atoms with Crippen LogP contribution >= 0.6 is 0 Å². The Morgan fingerprint density at radius 2 is 1.88 bits per heavy atom. The lowest BCUT2D eigenvalue weighted by Crippen LogP contribution is -2.48. The van der Waals surface area contributed by atoms with Gasteiger partial charge >= 0.3 is 0 Å². The first-order valence-electron chi connectivity index (χ1n) is 6.57. The van der Waals surface area contributed by atoms with E-state index in [1.165, 1.54) is 6.42 Å². The van der Waals surface area contributed by atoms with Gasteiger partial charge in [0.05, 0.1) is 0 Å². The van der Waals surface area contributed by atoms with Crippen molar-refractivity contribution in [1.29, 1.82) is 0 Å². The van der Waals surface area contributed by atoms with E-state index in [0.717, 1.165) is 19.4 Å². The summed E-state index contributed by atoms with van der Waals surface area (Å²) in [7, 11) is 0. The van der Waals surface area contributed by atoms with Crippen molar-refractivity contribution < 1.29 is 4.79 Å². The summed E-state index contributed by atoms with van der Waals surface area (Å²) in [5.41, 5.74) is 0. The van der Waals surface area contributed by atoms with Gasteiger partial charge in [0, 0.05) is 31.1 Å². The molecule has 0 aliphatic carbocycles. The summed E-state index contributed by atoms with van der Waals surface area (Å²) in [6.07, 6.45) is 4.21. The molecule has 1 fully saturated rings. The molecule has 0 radical (unpaired) electrons. The number of nitrogens with one attached hydrogen (secondary N) is 1. The van der Waals surface area contributed by atoms with Gasteiger partial charge in [-0.15, -0.1) is 0 Å². The number of amides is 1. The largest absolute Gasteiger partial charge is 0.337 e. The molecule has 1 aliphatic heterocycles. The van der Waals surface area contributed by atoms with E-state index in [4.69, 9.17) is 0 Å². The van der Waals surface area contributed by atoms with E-state index in [1.54, 1.807) is 0 Å². The van der Waals surface area contributed by atoms with Crippen LogP contribution in [0.4, 0.5) is 0 Å². The monoisotopic (exact) mass is 226 g/mol. The molecule has 1 N–H and O–H groups in total. The van der Waals surface area contributed by atoms with Crippen molar-refractivity contribution in [3.63, 3.8) is 0 Å². The molecule has 1 amide bonds. The van der Waals surface area contributed by atoms with Crippen molar-refractivity contribution in [2.45, 2.75) is 71.5 Å². The van der Waals surface area contributed by atoms with Crippen LogP contribution in [0, 0.1) is 0 Å². The number of carbonyl (C=O) groups excluding carboxylic acids is 1. The standard InChI is InChI=1S/C13H26N2O/c1-10(2)14-9-8-13(16)15-11(3)6-5-7-12(15)4/h10-12,14H,5-9H2,1-4H3.